The summed E-state index contributed by atoms with van der Waals surface area (Å²) < 4.78 is 0. The molecule has 0 aliphatic carbocycles. The SMILES string of the molecule is CC/C(=C\c1ccsc1C)C(=O)O. The van der Waals surface area contributed by atoms with Crippen molar-refractivity contribution in [2.45, 2.75) is 20.3 Å². The van der Waals surface area contributed by atoms with Crippen molar-refractivity contribution >= 4 is 23.4 Å². The largest absolute Gasteiger partial charge is 0.478 e. The summed E-state index contributed by atoms with van der Waals surface area (Å²) in [6, 6.07) is 1.94. The molecule has 0 bridgehead atoms. The molecule has 0 saturated carbocycles. The zero-order valence-electron chi connectivity index (χ0n) is 7.70. The Morgan fingerprint density at radius 3 is 2.77 bits per heavy atom. The van der Waals surface area contributed by atoms with Crippen LogP contribution in [-0.2, 0) is 4.79 Å². The third-order valence-corrected chi connectivity index (χ3v) is 2.75. The predicted molar refractivity (Wildman–Crippen MR) is 55.0 cm³/mol. The van der Waals surface area contributed by atoms with Gasteiger partial charge in [-0.3, -0.25) is 0 Å². The lowest BCUT2D eigenvalue weighted by atomic mass is 10.1. The number of carboxylic acid groups (broad SMARTS) is 1. The minimum Gasteiger partial charge on any atom is -0.478 e. The van der Waals surface area contributed by atoms with Crippen LogP contribution < -0.4 is 0 Å². The van der Waals surface area contributed by atoms with Gasteiger partial charge < -0.3 is 5.11 Å². The summed E-state index contributed by atoms with van der Waals surface area (Å²) in [5.41, 5.74) is 1.48. The zero-order chi connectivity index (χ0) is 9.84. The first-order chi connectivity index (χ1) is 6.15. The molecule has 0 aliphatic heterocycles. The van der Waals surface area contributed by atoms with Gasteiger partial charge in [0.1, 0.15) is 0 Å². The van der Waals surface area contributed by atoms with E-state index in [9.17, 15) is 4.79 Å². The molecular weight excluding hydrogens is 184 g/mol. The highest BCUT2D eigenvalue weighted by molar-refractivity contribution is 7.10. The minimum absolute atomic E-state index is 0.460. The highest BCUT2D eigenvalue weighted by Crippen LogP contribution is 2.19. The molecule has 0 radical (unpaired) electrons. The molecule has 0 spiro atoms. The molecule has 1 aromatic heterocycles. The van der Waals surface area contributed by atoms with Crippen molar-refractivity contribution in [2.24, 2.45) is 0 Å². The van der Waals surface area contributed by atoms with Crippen molar-refractivity contribution < 1.29 is 9.90 Å². The first-order valence-corrected chi connectivity index (χ1v) is 5.01. The zero-order valence-corrected chi connectivity index (χ0v) is 8.52. The number of carboxylic acids is 1. The summed E-state index contributed by atoms with van der Waals surface area (Å²) in [7, 11) is 0. The van der Waals surface area contributed by atoms with E-state index in [1.54, 1.807) is 17.4 Å². The van der Waals surface area contributed by atoms with Crippen molar-refractivity contribution in [1.82, 2.24) is 0 Å². The third kappa shape index (κ3) is 2.42. The highest BCUT2D eigenvalue weighted by Gasteiger charge is 2.05. The molecule has 3 heteroatoms. The Balaban J connectivity index is 2.98. The van der Waals surface area contributed by atoms with Crippen LogP contribution >= 0.6 is 11.3 Å². The second kappa shape index (κ2) is 4.23. The van der Waals surface area contributed by atoms with Crippen LogP contribution in [-0.4, -0.2) is 11.1 Å². The molecule has 0 fully saturated rings. The number of hydrogen-bond donors (Lipinski definition) is 1. The molecule has 0 saturated heterocycles. The molecule has 0 aliphatic rings. The summed E-state index contributed by atoms with van der Waals surface area (Å²) >= 11 is 1.63. The Morgan fingerprint density at radius 1 is 1.69 bits per heavy atom. The fourth-order valence-electron chi connectivity index (χ4n) is 1.05. The van der Waals surface area contributed by atoms with E-state index in [2.05, 4.69) is 0 Å². The molecule has 1 aromatic rings. The molecule has 0 aromatic carbocycles. The fourth-order valence-corrected chi connectivity index (χ4v) is 1.73. The van der Waals surface area contributed by atoms with Crippen LogP contribution in [0.4, 0.5) is 0 Å². The fraction of sp³-hybridized carbons (Fsp3) is 0.300. The first-order valence-electron chi connectivity index (χ1n) is 4.13. The Morgan fingerprint density at radius 2 is 2.38 bits per heavy atom. The summed E-state index contributed by atoms with van der Waals surface area (Å²) in [5.74, 6) is -0.826. The van der Waals surface area contributed by atoms with Gasteiger partial charge in [0.15, 0.2) is 0 Å². The second-order valence-corrected chi connectivity index (χ2v) is 3.88. The predicted octanol–water partition coefficient (Wildman–Crippen LogP) is 2.93. The van der Waals surface area contributed by atoms with E-state index in [-0.39, 0.29) is 0 Å². The molecule has 13 heavy (non-hydrogen) atoms. The molecule has 1 N–H and O–H groups in total. The molecule has 2 nitrogen and oxygen atoms in total. The average molecular weight is 196 g/mol. The van der Waals surface area contributed by atoms with E-state index in [0.717, 1.165) is 10.4 Å². The van der Waals surface area contributed by atoms with Crippen molar-refractivity contribution in [2.75, 3.05) is 0 Å². The first kappa shape index (κ1) is 9.99. The van der Waals surface area contributed by atoms with Crippen molar-refractivity contribution in [3.8, 4) is 0 Å². The molecule has 0 unspecified atom stereocenters. The van der Waals surface area contributed by atoms with E-state index in [4.69, 9.17) is 5.11 Å². The smallest absolute Gasteiger partial charge is 0.331 e. The van der Waals surface area contributed by atoms with Crippen LogP contribution in [0.3, 0.4) is 0 Å². The van der Waals surface area contributed by atoms with Crippen LogP contribution in [0.5, 0.6) is 0 Å². The lowest BCUT2D eigenvalue weighted by molar-refractivity contribution is -0.132. The van der Waals surface area contributed by atoms with Crippen molar-refractivity contribution in [3.05, 3.63) is 27.5 Å². The van der Waals surface area contributed by atoms with Gasteiger partial charge in [0.05, 0.1) is 0 Å². The number of thiophene rings is 1. The van der Waals surface area contributed by atoms with Crippen LogP contribution in [0, 0.1) is 6.92 Å². The van der Waals surface area contributed by atoms with Crippen LogP contribution in [0.1, 0.15) is 23.8 Å². The van der Waals surface area contributed by atoms with Crippen LogP contribution in [0.15, 0.2) is 17.0 Å². The molecule has 1 rings (SSSR count). The molecule has 70 valence electrons. The summed E-state index contributed by atoms with van der Waals surface area (Å²) in [6.07, 6.45) is 2.30. The number of hydrogen-bond acceptors (Lipinski definition) is 2. The highest BCUT2D eigenvalue weighted by atomic mass is 32.1. The maximum atomic E-state index is 10.7. The minimum atomic E-state index is -0.826. The standard InChI is InChI=1S/C10H12O2S/c1-3-8(10(11)12)6-9-4-5-13-7(9)2/h4-6H,3H2,1-2H3,(H,11,12)/b8-6+. The van der Waals surface area contributed by atoms with Crippen molar-refractivity contribution in [1.29, 1.82) is 0 Å². The third-order valence-electron chi connectivity index (χ3n) is 1.88. The molecule has 1 heterocycles. The molecule has 0 amide bonds. The van der Waals surface area contributed by atoms with Gasteiger partial charge >= 0.3 is 5.97 Å². The van der Waals surface area contributed by atoms with E-state index in [1.807, 2.05) is 25.3 Å². The maximum absolute atomic E-state index is 10.7. The molecule has 0 atom stereocenters. The Kier molecular flexibility index (Phi) is 3.25. The summed E-state index contributed by atoms with van der Waals surface area (Å²) in [4.78, 5) is 11.9. The quantitative estimate of drug-likeness (QED) is 0.755. The second-order valence-electron chi connectivity index (χ2n) is 2.76. The normalized spacial score (nSPS) is 11.7. The van der Waals surface area contributed by atoms with Crippen LogP contribution in [0.2, 0.25) is 0 Å². The van der Waals surface area contributed by atoms with E-state index in [1.165, 1.54) is 0 Å². The Labute approximate surface area is 81.5 Å². The average Bonchev–Trinajstić information content (AvgIpc) is 2.46. The van der Waals surface area contributed by atoms with Gasteiger partial charge in [-0.25, -0.2) is 4.79 Å². The lowest BCUT2D eigenvalue weighted by Gasteiger charge is -1.96. The van der Waals surface area contributed by atoms with Gasteiger partial charge in [-0.05, 0) is 36.4 Å². The number of rotatable bonds is 3. The van der Waals surface area contributed by atoms with Gasteiger partial charge in [0.25, 0.3) is 0 Å². The Hall–Kier alpha value is -1.09. The van der Waals surface area contributed by atoms with Gasteiger partial charge in [0.2, 0.25) is 0 Å². The monoisotopic (exact) mass is 196 g/mol. The topological polar surface area (TPSA) is 37.3 Å². The Bertz CT molecular complexity index is 336. The van der Waals surface area contributed by atoms with E-state index < -0.39 is 5.97 Å². The maximum Gasteiger partial charge on any atom is 0.331 e. The van der Waals surface area contributed by atoms with Gasteiger partial charge in [0, 0.05) is 10.5 Å². The van der Waals surface area contributed by atoms with E-state index in [0.29, 0.717) is 12.0 Å². The number of aryl methyl sites for hydroxylation is 1. The number of aliphatic carboxylic acids is 1. The summed E-state index contributed by atoms with van der Waals surface area (Å²) in [6.45, 7) is 3.84. The van der Waals surface area contributed by atoms with E-state index >= 15 is 0 Å². The molecular formula is C10H12O2S. The lowest BCUT2D eigenvalue weighted by Crippen LogP contribution is -1.98. The van der Waals surface area contributed by atoms with Gasteiger partial charge in [-0.15, -0.1) is 11.3 Å². The van der Waals surface area contributed by atoms with Gasteiger partial charge in [-0.2, -0.15) is 0 Å². The summed E-state index contributed by atoms with van der Waals surface area (Å²) in [5, 5.41) is 10.8. The van der Waals surface area contributed by atoms with Crippen LogP contribution in [0.25, 0.3) is 6.08 Å². The number of carbonyl (C=O) groups is 1. The van der Waals surface area contributed by atoms with Gasteiger partial charge in [-0.1, -0.05) is 6.92 Å². The van der Waals surface area contributed by atoms with Crippen molar-refractivity contribution in [3.63, 3.8) is 0 Å².